The van der Waals surface area contributed by atoms with Gasteiger partial charge in [-0.05, 0) is 31.5 Å². The fourth-order valence-corrected chi connectivity index (χ4v) is 4.01. The van der Waals surface area contributed by atoms with Crippen molar-refractivity contribution in [1.82, 2.24) is 9.38 Å². The summed E-state index contributed by atoms with van der Waals surface area (Å²) >= 11 is 7.52. The summed E-state index contributed by atoms with van der Waals surface area (Å²) in [4.78, 5) is 18.8. The molecule has 4 aromatic rings. The van der Waals surface area contributed by atoms with E-state index in [4.69, 9.17) is 11.6 Å². The largest absolute Gasteiger partial charge is 0.321 e. The summed E-state index contributed by atoms with van der Waals surface area (Å²) < 4.78 is 1.97. The number of anilines is 1. The van der Waals surface area contributed by atoms with E-state index in [1.165, 1.54) is 11.3 Å². The Bertz CT molecular complexity index is 1120. The quantitative estimate of drug-likeness (QED) is 0.503. The zero-order valence-electron chi connectivity index (χ0n) is 14.3. The number of hydrogen-bond acceptors (Lipinski definition) is 3. The lowest BCUT2D eigenvalue weighted by Crippen LogP contribution is -2.12. The van der Waals surface area contributed by atoms with E-state index in [0.29, 0.717) is 9.90 Å². The number of nitrogens with zero attached hydrogens (tertiary/aromatic N) is 2. The summed E-state index contributed by atoms with van der Waals surface area (Å²) in [7, 11) is 0. The average molecular weight is 382 g/mol. The van der Waals surface area contributed by atoms with E-state index in [1.807, 2.05) is 73.0 Å². The van der Waals surface area contributed by atoms with Crippen molar-refractivity contribution in [3.05, 3.63) is 75.9 Å². The van der Waals surface area contributed by atoms with Gasteiger partial charge in [0.25, 0.3) is 5.91 Å². The maximum atomic E-state index is 12.7. The molecule has 26 heavy (non-hydrogen) atoms. The minimum atomic E-state index is -0.148. The van der Waals surface area contributed by atoms with Crippen LogP contribution in [-0.4, -0.2) is 15.3 Å². The lowest BCUT2D eigenvalue weighted by molar-refractivity contribution is 0.102. The first kappa shape index (κ1) is 16.8. The molecule has 0 radical (unpaired) electrons. The summed E-state index contributed by atoms with van der Waals surface area (Å²) in [6.07, 6.45) is 1.97. The van der Waals surface area contributed by atoms with E-state index in [2.05, 4.69) is 10.3 Å². The van der Waals surface area contributed by atoms with E-state index in [-0.39, 0.29) is 5.91 Å². The number of fused-ring (bicyclic) bond motifs is 1. The highest BCUT2D eigenvalue weighted by Gasteiger charge is 2.19. The molecule has 0 atom stereocenters. The molecule has 6 heteroatoms. The number of aromatic nitrogens is 2. The summed E-state index contributed by atoms with van der Waals surface area (Å²) in [6, 6.07) is 15.5. The Morgan fingerprint density at radius 3 is 2.62 bits per heavy atom. The molecule has 4 nitrogen and oxygen atoms in total. The molecule has 130 valence electrons. The predicted molar refractivity (Wildman–Crippen MR) is 107 cm³/mol. The van der Waals surface area contributed by atoms with E-state index < -0.39 is 0 Å². The second-order valence-electron chi connectivity index (χ2n) is 6.03. The van der Waals surface area contributed by atoms with Gasteiger partial charge in [-0.1, -0.05) is 59.3 Å². The fourth-order valence-electron chi connectivity index (χ4n) is 2.83. The van der Waals surface area contributed by atoms with Crippen LogP contribution in [0.2, 0.25) is 5.02 Å². The van der Waals surface area contributed by atoms with Gasteiger partial charge in [-0.3, -0.25) is 9.20 Å². The predicted octanol–water partition coefficient (Wildman–Crippen LogP) is 5.59. The third-order valence-corrected chi connectivity index (χ3v) is 5.91. The van der Waals surface area contributed by atoms with Crippen molar-refractivity contribution in [3.8, 4) is 11.3 Å². The maximum Gasteiger partial charge on any atom is 0.267 e. The molecule has 0 spiro atoms. The summed E-state index contributed by atoms with van der Waals surface area (Å²) in [5.41, 5.74) is 4.41. The van der Waals surface area contributed by atoms with Crippen LogP contribution in [0.3, 0.4) is 0 Å². The molecule has 0 saturated carbocycles. The van der Waals surface area contributed by atoms with Crippen molar-refractivity contribution < 1.29 is 4.79 Å². The summed E-state index contributed by atoms with van der Waals surface area (Å²) in [6.45, 7) is 3.82. The van der Waals surface area contributed by atoms with Gasteiger partial charge in [-0.2, -0.15) is 0 Å². The van der Waals surface area contributed by atoms with Gasteiger partial charge in [0, 0.05) is 28.2 Å². The number of carbonyl (C=O) groups is 1. The number of rotatable bonds is 3. The number of amides is 1. The lowest BCUT2D eigenvalue weighted by atomic mass is 10.2. The number of nitrogens with one attached hydrogen (secondary N) is 1. The number of halogens is 1. The van der Waals surface area contributed by atoms with Crippen LogP contribution in [0.5, 0.6) is 0 Å². The molecule has 0 saturated heterocycles. The average Bonchev–Trinajstić information content (AvgIpc) is 3.19. The number of aryl methyl sites for hydroxylation is 1. The van der Waals surface area contributed by atoms with Gasteiger partial charge in [0.1, 0.15) is 4.88 Å². The monoisotopic (exact) mass is 381 g/mol. The third-order valence-electron chi connectivity index (χ3n) is 4.35. The van der Waals surface area contributed by atoms with Crippen LogP contribution in [0.1, 0.15) is 20.9 Å². The van der Waals surface area contributed by atoms with Crippen molar-refractivity contribution in [2.75, 3.05) is 5.32 Å². The van der Waals surface area contributed by atoms with Crippen LogP contribution in [0, 0.1) is 13.8 Å². The van der Waals surface area contributed by atoms with Crippen LogP contribution >= 0.6 is 22.9 Å². The molecule has 0 fully saturated rings. The molecule has 4 rings (SSSR count). The number of thiazole rings is 1. The normalized spacial score (nSPS) is 11.0. The molecule has 1 amide bonds. The summed E-state index contributed by atoms with van der Waals surface area (Å²) in [5, 5.41) is 3.58. The van der Waals surface area contributed by atoms with Gasteiger partial charge >= 0.3 is 0 Å². The number of benzene rings is 2. The molecule has 0 aliphatic rings. The first-order valence-corrected chi connectivity index (χ1v) is 9.34. The van der Waals surface area contributed by atoms with E-state index in [0.717, 1.165) is 33.2 Å². The lowest BCUT2D eigenvalue weighted by Gasteiger charge is -2.08. The van der Waals surface area contributed by atoms with Crippen LogP contribution in [0.25, 0.3) is 16.2 Å². The van der Waals surface area contributed by atoms with E-state index in [9.17, 15) is 4.79 Å². The van der Waals surface area contributed by atoms with Crippen molar-refractivity contribution >= 4 is 39.5 Å². The highest BCUT2D eigenvalue weighted by molar-refractivity contribution is 7.19. The van der Waals surface area contributed by atoms with E-state index in [1.54, 1.807) is 0 Å². The molecule has 0 aliphatic carbocycles. The number of hydrogen-bond donors (Lipinski definition) is 1. The summed E-state index contributed by atoms with van der Waals surface area (Å²) in [5.74, 6) is -0.148. The van der Waals surface area contributed by atoms with Crippen LogP contribution in [0.4, 0.5) is 5.69 Å². The Balaban J connectivity index is 1.67. The van der Waals surface area contributed by atoms with Gasteiger partial charge < -0.3 is 5.32 Å². The Morgan fingerprint density at radius 2 is 1.88 bits per heavy atom. The molecule has 1 N–H and O–H groups in total. The van der Waals surface area contributed by atoms with Crippen LogP contribution in [-0.2, 0) is 0 Å². The van der Waals surface area contributed by atoms with Gasteiger partial charge in [0.2, 0.25) is 0 Å². The molecular formula is C20H16ClN3OS. The van der Waals surface area contributed by atoms with E-state index >= 15 is 0 Å². The first-order chi connectivity index (χ1) is 12.5. The van der Waals surface area contributed by atoms with Crippen molar-refractivity contribution in [3.63, 3.8) is 0 Å². The zero-order valence-corrected chi connectivity index (χ0v) is 15.9. The van der Waals surface area contributed by atoms with Crippen molar-refractivity contribution in [2.45, 2.75) is 13.8 Å². The topological polar surface area (TPSA) is 46.4 Å². The van der Waals surface area contributed by atoms with Gasteiger partial charge in [-0.25, -0.2) is 4.98 Å². The minimum Gasteiger partial charge on any atom is -0.321 e. The number of carbonyl (C=O) groups excluding carboxylic acids is 1. The second kappa shape index (κ2) is 6.59. The zero-order chi connectivity index (χ0) is 18.3. The standard InChI is InChI=1S/C20H16ClN3OS/c1-12-15(21)9-6-10-16(12)22-19(25)18-13(2)24-11-17(23-20(24)26-18)14-7-4-3-5-8-14/h3-11H,1-2H3,(H,22,25). The Kier molecular flexibility index (Phi) is 4.26. The molecule has 2 aromatic heterocycles. The number of imidazole rings is 1. The highest BCUT2D eigenvalue weighted by Crippen LogP contribution is 2.29. The molecule has 0 bridgehead atoms. The Hall–Kier alpha value is -2.63. The van der Waals surface area contributed by atoms with Crippen molar-refractivity contribution in [2.24, 2.45) is 0 Å². The second-order valence-corrected chi connectivity index (χ2v) is 7.41. The minimum absolute atomic E-state index is 0.148. The van der Waals surface area contributed by atoms with Gasteiger partial charge in [0.05, 0.1) is 5.69 Å². The highest BCUT2D eigenvalue weighted by atomic mass is 35.5. The molecular weight excluding hydrogens is 366 g/mol. The first-order valence-electron chi connectivity index (χ1n) is 8.15. The van der Waals surface area contributed by atoms with Crippen LogP contribution < -0.4 is 5.32 Å². The molecule has 0 unspecified atom stereocenters. The molecule has 0 aliphatic heterocycles. The molecule has 2 heterocycles. The Morgan fingerprint density at radius 1 is 1.12 bits per heavy atom. The maximum absolute atomic E-state index is 12.7. The fraction of sp³-hybridized carbons (Fsp3) is 0.100. The SMILES string of the molecule is Cc1c(Cl)cccc1NC(=O)c1sc2nc(-c3ccccc3)cn2c1C. The van der Waals surface area contributed by atoms with Crippen LogP contribution in [0.15, 0.2) is 54.7 Å². The van der Waals surface area contributed by atoms with Gasteiger partial charge in [0.15, 0.2) is 4.96 Å². The van der Waals surface area contributed by atoms with Crippen molar-refractivity contribution in [1.29, 1.82) is 0 Å². The molecule has 2 aromatic carbocycles. The smallest absolute Gasteiger partial charge is 0.267 e. The Labute approximate surface area is 160 Å². The third kappa shape index (κ3) is 2.89. The van der Waals surface area contributed by atoms with Gasteiger partial charge in [-0.15, -0.1) is 0 Å².